The van der Waals surface area contributed by atoms with Crippen LogP contribution in [0.3, 0.4) is 0 Å². The van der Waals surface area contributed by atoms with E-state index in [2.05, 4.69) is 5.32 Å². The van der Waals surface area contributed by atoms with Crippen molar-refractivity contribution in [3.63, 3.8) is 0 Å². The molecule has 5 rings (SSSR count). The number of nitrogens with one attached hydrogen (secondary N) is 1. The van der Waals surface area contributed by atoms with E-state index in [0.29, 0.717) is 11.5 Å². The van der Waals surface area contributed by atoms with Gasteiger partial charge < -0.3 is 19.5 Å². The Morgan fingerprint density at radius 3 is 2.79 bits per heavy atom. The first kappa shape index (κ1) is 13.2. The summed E-state index contributed by atoms with van der Waals surface area (Å²) in [6, 6.07) is 17.3. The van der Waals surface area contributed by atoms with Gasteiger partial charge in [-0.15, -0.1) is 0 Å². The summed E-state index contributed by atoms with van der Waals surface area (Å²) in [4.78, 5) is 12.1. The highest BCUT2D eigenvalue weighted by atomic mass is 16.7. The molecule has 5 nitrogen and oxygen atoms in total. The fraction of sp³-hybridized carbons (Fsp3) is 0.105. The summed E-state index contributed by atoms with van der Waals surface area (Å²) in [5, 5.41) is 4.85. The maximum absolute atomic E-state index is 12.1. The van der Waals surface area contributed by atoms with Gasteiger partial charge >= 0.3 is 6.09 Å². The van der Waals surface area contributed by atoms with Gasteiger partial charge in [-0.25, -0.2) is 4.79 Å². The molecule has 0 bridgehead atoms. The van der Waals surface area contributed by atoms with Crippen molar-refractivity contribution in [2.45, 2.75) is 6.04 Å². The Bertz CT molecular complexity index is 982. The topological polar surface area (TPSA) is 56.8 Å². The van der Waals surface area contributed by atoms with Crippen LogP contribution in [-0.2, 0) is 0 Å². The predicted molar refractivity (Wildman–Crippen MR) is 87.5 cm³/mol. The Kier molecular flexibility index (Phi) is 2.70. The summed E-state index contributed by atoms with van der Waals surface area (Å²) in [6.45, 7) is 0.222. The van der Waals surface area contributed by atoms with E-state index < -0.39 is 6.09 Å². The highest BCUT2D eigenvalue weighted by Gasteiger charge is 2.30. The number of ether oxygens (including phenoxy) is 3. The highest BCUT2D eigenvalue weighted by Crippen LogP contribution is 2.41. The summed E-state index contributed by atoms with van der Waals surface area (Å²) >= 11 is 0. The van der Waals surface area contributed by atoms with Crippen LogP contribution >= 0.6 is 0 Å². The third-order valence-electron chi connectivity index (χ3n) is 4.41. The minimum atomic E-state index is -0.457. The lowest BCUT2D eigenvalue weighted by Gasteiger charge is -2.27. The SMILES string of the molecule is O=C1NC(c2ccc3c(c2)OCO3)c2ccc3ccccc3c2O1. The number of carbonyl (C=O) groups excluding carboxylic acids is 1. The molecule has 2 aliphatic heterocycles. The zero-order chi connectivity index (χ0) is 16.1. The highest BCUT2D eigenvalue weighted by molar-refractivity contribution is 5.93. The maximum atomic E-state index is 12.1. The summed E-state index contributed by atoms with van der Waals surface area (Å²) in [7, 11) is 0. The second kappa shape index (κ2) is 4.89. The molecule has 1 unspecified atom stereocenters. The smallest absolute Gasteiger partial charge is 0.413 e. The van der Waals surface area contributed by atoms with Crippen LogP contribution in [0, 0.1) is 0 Å². The lowest BCUT2D eigenvalue weighted by molar-refractivity contribution is 0.174. The van der Waals surface area contributed by atoms with E-state index >= 15 is 0 Å². The summed E-state index contributed by atoms with van der Waals surface area (Å²) in [6.07, 6.45) is -0.457. The number of benzene rings is 3. The first-order valence-corrected chi connectivity index (χ1v) is 7.69. The Morgan fingerprint density at radius 1 is 0.958 bits per heavy atom. The molecule has 0 aromatic heterocycles. The van der Waals surface area contributed by atoms with Crippen molar-refractivity contribution < 1.29 is 19.0 Å². The van der Waals surface area contributed by atoms with Crippen molar-refractivity contribution >= 4 is 16.9 Å². The quantitative estimate of drug-likeness (QED) is 0.742. The molecule has 3 aromatic rings. The van der Waals surface area contributed by atoms with Gasteiger partial charge in [0.25, 0.3) is 0 Å². The van der Waals surface area contributed by atoms with E-state index in [0.717, 1.165) is 27.6 Å². The normalized spacial score (nSPS) is 18.0. The molecule has 2 heterocycles. The number of hydrogen-bond donors (Lipinski definition) is 1. The number of hydrogen-bond acceptors (Lipinski definition) is 4. The second-order valence-corrected chi connectivity index (χ2v) is 5.78. The van der Waals surface area contributed by atoms with E-state index in [-0.39, 0.29) is 12.8 Å². The van der Waals surface area contributed by atoms with Gasteiger partial charge in [-0.2, -0.15) is 0 Å². The Hall–Kier alpha value is -3.21. The van der Waals surface area contributed by atoms with Crippen molar-refractivity contribution in [3.05, 3.63) is 65.7 Å². The van der Waals surface area contributed by atoms with Crippen molar-refractivity contribution in [2.24, 2.45) is 0 Å². The average Bonchev–Trinajstić information content (AvgIpc) is 3.08. The Balaban J connectivity index is 1.69. The maximum Gasteiger partial charge on any atom is 0.413 e. The van der Waals surface area contributed by atoms with Crippen LogP contribution in [-0.4, -0.2) is 12.9 Å². The molecule has 0 spiro atoms. The molecule has 2 aliphatic rings. The van der Waals surface area contributed by atoms with Crippen molar-refractivity contribution in [1.29, 1.82) is 0 Å². The van der Waals surface area contributed by atoms with E-state index in [1.165, 1.54) is 0 Å². The number of carbonyl (C=O) groups is 1. The summed E-state index contributed by atoms with van der Waals surface area (Å²) in [5.74, 6) is 2.02. The fourth-order valence-electron chi connectivity index (χ4n) is 3.27. The second-order valence-electron chi connectivity index (χ2n) is 5.78. The summed E-state index contributed by atoms with van der Waals surface area (Å²) < 4.78 is 16.3. The van der Waals surface area contributed by atoms with E-state index in [1.54, 1.807) is 0 Å². The van der Waals surface area contributed by atoms with Crippen LogP contribution in [0.25, 0.3) is 10.8 Å². The molecule has 0 saturated heterocycles. The van der Waals surface area contributed by atoms with Gasteiger partial charge in [-0.05, 0) is 23.1 Å². The van der Waals surface area contributed by atoms with Gasteiger partial charge in [0.1, 0.15) is 5.75 Å². The van der Waals surface area contributed by atoms with E-state index in [1.807, 2.05) is 54.6 Å². The van der Waals surface area contributed by atoms with Gasteiger partial charge in [-0.1, -0.05) is 42.5 Å². The minimum absolute atomic E-state index is 0.222. The molecule has 24 heavy (non-hydrogen) atoms. The standard InChI is InChI=1S/C19H13NO4/c21-19-20-17(12-6-8-15-16(9-12)23-10-22-15)14-7-5-11-3-1-2-4-13(11)18(14)24-19/h1-9,17H,10H2,(H,20,21). The third kappa shape index (κ3) is 1.91. The molecule has 3 aromatic carbocycles. The molecule has 1 N–H and O–H groups in total. The molecule has 118 valence electrons. The fourth-order valence-corrected chi connectivity index (χ4v) is 3.27. The lowest BCUT2D eigenvalue weighted by Crippen LogP contribution is -2.36. The van der Waals surface area contributed by atoms with Crippen LogP contribution in [0.2, 0.25) is 0 Å². The molecule has 0 radical (unpaired) electrons. The van der Waals surface area contributed by atoms with Crippen LogP contribution in [0.5, 0.6) is 17.2 Å². The predicted octanol–water partition coefficient (Wildman–Crippen LogP) is 3.76. The first-order valence-electron chi connectivity index (χ1n) is 7.69. The molecule has 1 atom stereocenters. The zero-order valence-corrected chi connectivity index (χ0v) is 12.6. The van der Waals surface area contributed by atoms with Gasteiger partial charge in [0.15, 0.2) is 11.5 Å². The Morgan fingerprint density at radius 2 is 1.83 bits per heavy atom. The van der Waals surface area contributed by atoms with Crippen LogP contribution in [0.4, 0.5) is 4.79 Å². The van der Waals surface area contributed by atoms with Gasteiger partial charge in [0.05, 0.1) is 6.04 Å². The number of fused-ring (bicyclic) bond motifs is 4. The molecular weight excluding hydrogens is 306 g/mol. The molecule has 5 heteroatoms. The van der Waals surface area contributed by atoms with E-state index in [4.69, 9.17) is 14.2 Å². The first-order chi connectivity index (χ1) is 11.8. The third-order valence-corrected chi connectivity index (χ3v) is 4.41. The number of amides is 1. The Labute approximate surface area is 137 Å². The van der Waals surface area contributed by atoms with Crippen molar-refractivity contribution in [1.82, 2.24) is 5.32 Å². The monoisotopic (exact) mass is 319 g/mol. The summed E-state index contributed by atoms with van der Waals surface area (Å²) in [5.41, 5.74) is 1.85. The van der Waals surface area contributed by atoms with Gasteiger partial charge in [0.2, 0.25) is 6.79 Å². The minimum Gasteiger partial charge on any atom is -0.454 e. The van der Waals surface area contributed by atoms with Gasteiger partial charge in [0, 0.05) is 10.9 Å². The van der Waals surface area contributed by atoms with Crippen molar-refractivity contribution in [3.8, 4) is 17.2 Å². The molecular formula is C19H13NO4. The zero-order valence-electron chi connectivity index (χ0n) is 12.6. The van der Waals surface area contributed by atoms with Crippen LogP contribution < -0.4 is 19.5 Å². The van der Waals surface area contributed by atoms with Gasteiger partial charge in [-0.3, -0.25) is 0 Å². The largest absolute Gasteiger partial charge is 0.454 e. The van der Waals surface area contributed by atoms with Crippen LogP contribution in [0.1, 0.15) is 17.2 Å². The van der Waals surface area contributed by atoms with E-state index in [9.17, 15) is 4.79 Å². The van der Waals surface area contributed by atoms with Crippen molar-refractivity contribution in [2.75, 3.05) is 6.79 Å². The lowest BCUT2D eigenvalue weighted by atomic mass is 9.94. The number of rotatable bonds is 1. The van der Waals surface area contributed by atoms with Crippen LogP contribution in [0.15, 0.2) is 54.6 Å². The average molecular weight is 319 g/mol. The molecule has 1 amide bonds. The molecule has 0 aliphatic carbocycles. The molecule has 0 fully saturated rings. The molecule has 0 saturated carbocycles.